The summed E-state index contributed by atoms with van der Waals surface area (Å²) in [5, 5.41) is 0. The van der Waals surface area contributed by atoms with Crippen LogP contribution in [-0.4, -0.2) is 12.7 Å². The van der Waals surface area contributed by atoms with Crippen LogP contribution in [0.3, 0.4) is 0 Å². The van der Waals surface area contributed by atoms with E-state index in [4.69, 9.17) is 4.74 Å². The largest absolute Gasteiger partial charge is 0.378 e. The van der Waals surface area contributed by atoms with E-state index in [-0.39, 0.29) is 0 Å². The zero-order chi connectivity index (χ0) is 12.4. The van der Waals surface area contributed by atoms with Gasteiger partial charge in [0, 0.05) is 11.4 Å². The number of fused-ring (bicyclic) bond motifs is 1. The molecule has 0 aromatic heterocycles. The van der Waals surface area contributed by atoms with Gasteiger partial charge in [0.25, 0.3) is 0 Å². The molecular weight excluding hydrogens is 288 g/mol. The van der Waals surface area contributed by atoms with Gasteiger partial charge in [-0.25, -0.2) is 0 Å². The molecule has 2 aliphatic rings. The van der Waals surface area contributed by atoms with Crippen LogP contribution in [0.25, 0.3) is 0 Å². The molecule has 0 amide bonds. The highest BCUT2D eigenvalue weighted by molar-refractivity contribution is 9.09. The molecule has 0 bridgehead atoms. The molecule has 1 aromatic rings. The van der Waals surface area contributed by atoms with Gasteiger partial charge in [-0.15, -0.1) is 0 Å². The molecule has 0 spiro atoms. The van der Waals surface area contributed by atoms with E-state index >= 15 is 0 Å². The predicted octanol–water partition coefficient (Wildman–Crippen LogP) is 4.64. The van der Waals surface area contributed by atoms with Crippen molar-refractivity contribution in [1.82, 2.24) is 0 Å². The van der Waals surface area contributed by atoms with Gasteiger partial charge in [0.05, 0.1) is 6.10 Å². The van der Waals surface area contributed by atoms with Crippen molar-refractivity contribution in [2.45, 2.75) is 49.5 Å². The molecule has 3 rings (SSSR count). The number of benzene rings is 1. The molecule has 0 saturated carbocycles. The van der Waals surface area contributed by atoms with Gasteiger partial charge in [0.15, 0.2) is 0 Å². The van der Waals surface area contributed by atoms with Gasteiger partial charge in [0.1, 0.15) is 0 Å². The average molecular weight is 309 g/mol. The van der Waals surface area contributed by atoms with E-state index in [1.807, 2.05) is 0 Å². The minimum absolute atomic E-state index is 0.558. The van der Waals surface area contributed by atoms with Crippen LogP contribution in [0.5, 0.6) is 0 Å². The van der Waals surface area contributed by atoms with Crippen LogP contribution < -0.4 is 0 Å². The first-order chi connectivity index (χ1) is 8.84. The van der Waals surface area contributed by atoms with E-state index in [1.165, 1.54) is 44.1 Å². The van der Waals surface area contributed by atoms with E-state index < -0.39 is 0 Å². The van der Waals surface area contributed by atoms with Crippen molar-refractivity contribution in [2.75, 3.05) is 6.61 Å². The number of ether oxygens (including phenoxy) is 1. The third-order valence-electron chi connectivity index (χ3n) is 4.37. The monoisotopic (exact) mass is 308 g/mol. The van der Waals surface area contributed by atoms with Crippen LogP contribution in [0.4, 0.5) is 0 Å². The van der Waals surface area contributed by atoms with Gasteiger partial charge in [-0.3, -0.25) is 0 Å². The molecule has 1 aliphatic carbocycles. The van der Waals surface area contributed by atoms with Gasteiger partial charge in [-0.05, 0) is 49.1 Å². The summed E-state index contributed by atoms with van der Waals surface area (Å²) in [5.41, 5.74) is 3.06. The topological polar surface area (TPSA) is 9.23 Å². The van der Waals surface area contributed by atoms with Crippen molar-refractivity contribution in [3.05, 3.63) is 35.4 Å². The van der Waals surface area contributed by atoms with Crippen molar-refractivity contribution in [2.24, 2.45) is 5.92 Å². The number of rotatable bonds is 4. The van der Waals surface area contributed by atoms with E-state index in [0.717, 1.165) is 12.5 Å². The number of halogens is 1. The maximum Gasteiger partial charge on any atom is 0.0576 e. The zero-order valence-electron chi connectivity index (χ0n) is 10.8. The standard InChI is InChI=1S/C16H21BrO/c17-16-13(6-3-7-14-8-4-10-18-14)11-12-5-1-2-9-15(12)16/h1-2,5,9,13-14,16H,3-4,6-8,10-11H2. The molecule has 1 saturated heterocycles. The number of hydrogen-bond acceptors (Lipinski definition) is 1. The fraction of sp³-hybridized carbons (Fsp3) is 0.625. The molecule has 98 valence electrons. The SMILES string of the molecule is BrC1c2ccccc2CC1CCCC1CCCO1. The summed E-state index contributed by atoms with van der Waals surface area (Å²) in [5.74, 6) is 0.781. The Balaban J connectivity index is 1.50. The highest BCUT2D eigenvalue weighted by Gasteiger charge is 2.29. The summed E-state index contributed by atoms with van der Waals surface area (Å²) in [7, 11) is 0. The van der Waals surface area contributed by atoms with E-state index in [1.54, 1.807) is 5.56 Å². The van der Waals surface area contributed by atoms with Gasteiger partial charge < -0.3 is 4.74 Å². The Morgan fingerprint density at radius 3 is 2.89 bits per heavy atom. The number of hydrogen-bond donors (Lipinski definition) is 0. The van der Waals surface area contributed by atoms with Gasteiger partial charge in [-0.1, -0.05) is 46.6 Å². The van der Waals surface area contributed by atoms with Crippen LogP contribution in [0.15, 0.2) is 24.3 Å². The van der Waals surface area contributed by atoms with Crippen LogP contribution in [0.2, 0.25) is 0 Å². The van der Waals surface area contributed by atoms with Gasteiger partial charge in [0.2, 0.25) is 0 Å². The highest BCUT2D eigenvalue weighted by Crippen LogP contribution is 2.44. The molecule has 0 N–H and O–H groups in total. The van der Waals surface area contributed by atoms with Crippen LogP contribution >= 0.6 is 15.9 Å². The normalized spacial score (nSPS) is 30.6. The van der Waals surface area contributed by atoms with E-state index in [9.17, 15) is 0 Å². The zero-order valence-corrected chi connectivity index (χ0v) is 12.4. The molecule has 1 heterocycles. The molecule has 3 unspecified atom stereocenters. The molecular formula is C16H21BrO. The number of alkyl halides is 1. The summed E-state index contributed by atoms with van der Waals surface area (Å²) in [6.45, 7) is 0.987. The Morgan fingerprint density at radius 2 is 2.11 bits per heavy atom. The lowest BCUT2D eigenvalue weighted by Gasteiger charge is -2.15. The van der Waals surface area contributed by atoms with Crippen molar-refractivity contribution >= 4 is 15.9 Å². The van der Waals surface area contributed by atoms with Crippen molar-refractivity contribution in [3.63, 3.8) is 0 Å². The summed E-state index contributed by atoms with van der Waals surface area (Å²) < 4.78 is 5.69. The summed E-state index contributed by atoms with van der Waals surface area (Å²) in [6, 6.07) is 8.87. The lowest BCUT2D eigenvalue weighted by atomic mass is 9.97. The Morgan fingerprint density at radius 1 is 1.22 bits per heavy atom. The first-order valence-corrected chi connectivity index (χ1v) is 8.09. The van der Waals surface area contributed by atoms with Crippen LogP contribution in [-0.2, 0) is 11.2 Å². The first kappa shape index (κ1) is 12.7. The molecule has 1 aromatic carbocycles. The maximum atomic E-state index is 5.69. The Hall–Kier alpha value is -0.340. The van der Waals surface area contributed by atoms with Crippen LogP contribution in [0.1, 0.15) is 48.1 Å². The minimum Gasteiger partial charge on any atom is -0.378 e. The average Bonchev–Trinajstić information content (AvgIpc) is 3.00. The molecule has 0 radical (unpaired) electrons. The Labute approximate surface area is 118 Å². The maximum absolute atomic E-state index is 5.69. The highest BCUT2D eigenvalue weighted by atomic mass is 79.9. The molecule has 1 nitrogen and oxygen atoms in total. The quantitative estimate of drug-likeness (QED) is 0.736. The minimum atomic E-state index is 0.558. The fourth-order valence-electron chi connectivity index (χ4n) is 3.36. The smallest absolute Gasteiger partial charge is 0.0576 e. The molecule has 3 atom stereocenters. The predicted molar refractivity (Wildman–Crippen MR) is 78.1 cm³/mol. The summed E-state index contributed by atoms with van der Waals surface area (Å²) in [4.78, 5) is 0.568. The van der Waals surface area contributed by atoms with Crippen molar-refractivity contribution < 1.29 is 4.74 Å². The van der Waals surface area contributed by atoms with Crippen molar-refractivity contribution in [3.8, 4) is 0 Å². The lowest BCUT2D eigenvalue weighted by molar-refractivity contribution is 0.101. The third-order valence-corrected chi connectivity index (χ3v) is 5.61. The summed E-state index contributed by atoms with van der Waals surface area (Å²) >= 11 is 3.89. The second-order valence-electron chi connectivity index (χ2n) is 5.63. The van der Waals surface area contributed by atoms with Gasteiger partial charge in [-0.2, -0.15) is 0 Å². The summed E-state index contributed by atoms with van der Waals surface area (Å²) in [6.07, 6.45) is 8.24. The molecule has 1 aliphatic heterocycles. The molecule has 1 fully saturated rings. The molecule has 2 heteroatoms. The second kappa shape index (κ2) is 5.75. The van der Waals surface area contributed by atoms with Crippen molar-refractivity contribution in [1.29, 1.82) is 0 Å². The fourth-order valence-corrected chi connectivity index (χ4v) is 4.25. The molecule has 18 heavy (non-hydrogen) atoms. The Kier molecular flexibility index (Phi) is 4.05. The van der Waals surface area contributed by atoms with Gasteiger partial charge >= 0.3 is 0 Å². The third kappa shape index (κ3) is 2.65. The lowest BCUT2D eigenvalue weighted by Crippen LogP contribution is -2.07. The first-order valence-electron chi connectivity index (χ1n) is 7.18. The van der Waals surface area contributed by atoms with Crippen LogP contribution in [0, 0.1) is 5.92 Å². The second-order valence-corrected chi connectivity index (χ2v) is 6.62. The van der Waals surface area contributed by atoms with E-state index in [2.05, 4.69) is 40.2 Å². The Bertz CT molecular complexity index is 398. The van der Waals surface area contributed by atoms with E-state index in [0.29, 0.717) is 10.9 Å².